The summed E-state index contributed by atoms with van der Waals surface area (Å²) in [5.74, 6) is 0.817. The number of methoxy groups -OCH3 is 1. The lowest BCUT2D eigenvalue weighted by Gasteiger charge is -2.08. The van der Waals surface area contributed by atoms with E-state index in [-0.39, 0.29) is 6.04 Å². The second-order valence-electron chi connectivity index (χ2n) is 4.47. The van der Waals surface area contributed by atoms with E-state index in [9.17, 15) is 0 Å². The second-order valence-corrected chi connectivity index (χ2v) is 6.33. The molecule has 0 spiro atoms. The van der Waals surface area contributed by atoms with E-state index in [4.69, 9.17) is 4.74 Å². The topological polar surface area (TPSA) is 47.0 Å². The van der Waals surface area contributed by atoms with Crippen LogP contribution >= 0.6 is 27.3 Å². The fourth-order valence-electron chi connectivity index (χ4n) is 1.76. The molecule has 0 aliphatic carbocycles. The van der Waals surface area contributed by atoms with Crippen molar-refractivity contribution < 1.29 is 4.74 Å². The monoisotopic (exact) mass is 355 g/mol. The van der Waals surface area contributed by atoms with Crippen LogP contribution in [-0.2, 0) is 0 Å². The quantitative estimate of drug-likeness (QED) is 0.849. The van der Waals surface area contributed by atoms with Gasteiger partial charge in [0.1, 0.15) is 15.8 Å². The smallest absolute Gasteiger partial charge is 0.149 e. The molecule has 1 heterocycles. The summed E-state index contributed by atoms with van der Waals surface area (Å²) >= 11 is 5.16. The Hall–Kier alpha value is -0.980. The fourth-order valence-corrected chi connectivity index (χ4v) is 3.23. The van der Waals surface area contributed by atoms with Gasteiger partial charge < -0.3 is 10.1 Å². The number of nitrogens with one attached hydrogen (secondary N) is 1. The van der Waals surface area contributed by atoms with E-state index in [0.717, 1.165) is 38.8 Å². The standard InChI is InChI=1S/C14H18BrN3OS/c1-4-7-16-9(2)13-17-18-14(20-13)11-8-10(19-3)5-6-12(11)15/h5-6,8-9,16H,4,7H2,1-3H3. The number of rotatable bonds is 6. The zero-order valence-electron chi connectivity index (χ0n) is 11.8. The maximum atomic E-state index is 5.26. The van der Waals surface area contributed by atoms with Crippen LogP contribution in [0.5, 0.6) is 5.75 Å². The van der Waals surface area contributed by atoms with Gasteiger partial charge in [-0.3, -0.25) is 0 Å². The van der Waals surface area contributed by atoms with Crippen LogP contribution in [-0.4, -0.2) is 23.9 Å². The van der Waals surface area contributed by atoms with E-state index in [1.807, 2.05) is 18.2 Å². The summed E-state index contributed by atoms with van der Waals surface area (Å²) in [6.07, 6.45) is 1.11. The highest BCUT2D eigenvalue weighted by Crippen LogP contribution is 2.34. The van der Waals surface area contributed by atoms with Crippen LogP contribution < -0.4 is 10.1 Å². The van der Waals surface area contributed by atoms with Gasteiger partial charge in [-0.2, -0.15) is 0 Å². The van der Waals surface area contributed by atoms with Crippen LogP contribution in [0.3, 0.4) is 0 Å². The van der Waals surface area contributed by atoms with Crippen molar-refractivity contribution in [1.29, 1.82) is 0 Å². The Bertz CT molecular complexity index is 573. The van der Waals surface area contributed by atoms with Crippen LogP contribution in [0.25, 0.3) is 10.6 Å². The highest BCUT2D eigenvalue weighted by molar-refractivity contribution is 9.10. The molecule has 2 rings (SSSR count). The molecule has 1 aromatic carbocycles. The van der Waals surface area contributed by atoms with E-state index in [1.165, 1.54) is 0 Å². The van der Waals surface area contributed by atoms with Gasteiger partial charge in [0, 0.05) is 10.0 Å². The highest BCUT2D eigenvalue weighted by Gasteiger charge is 2.14. The van der Waals surface area contributed by atoms with Crippen molar-refractivity contribution in [2.75, 3.05) is 13.7 Å². The molecule has 0 fully saturated rings. The number of nitrogens with zero attached hydrogens (tertiary/aromatic N) is 2. The normalized spacial score (nSPS) is 12.4. The first kappa shape index (κ1) is 15.4. The molecule has 6 heteroatoms. The molecule has 0 aliphatic rings. The van der Waals surface area contributed by atoms with Crippen molar-refractivity contribution in [2.45, 2.75) is 26.3 Å². The summed E-state index contributed by atoms with van der Waals surface area (Å²) in [5.41, 5.74) is 1.01. The van der Waals surface area contributed by atoms with Crippen molar-refractivity contribution in [3.8, 4) is 16.3 Å². The molecule has 0 bridgehead atoms. The molecule has 2 aromatic rings. The van der Waals surface area contributed by atoms with E-state index < -0.39 is 0 Å². The third-order valence-corrected chi connectivity index (χ3v) is 4.75. The molecule has 1 aromatic heterocycles. The van der Waals surface area contributed by atoms with Crippen LogP contribution in [0.15, 0.2) is 22.7 Å². The van der Waals surface area contributed by atoms with Crippen molar-refractivity contribution in [2.24, 2.45) is 0 Å². The predicted octanol–water partition coefficient (Wildman–Crippen LogP) is 4.04. The van der Waals surface area contributed by atoms with Gasteiger partial charge in [0.25, 0.3) is 0 Å². The molecule has 0 aliphatic heterocycles. The number of hydrogen-bond acceptors (Lipinski definition) is 5. The predicted molar refractivity (Wildman–Crippen MR) is 86.3 cm³/mol. The molecule has 1 N–H and O–H groups in total. The average Bonchev–Trinajstić information content (AvgIpc) is 2.95. The zero-order chi connectivity index (χ0) is 14.5. The Balaban J connectivity index is 2.24. The van der Waals surface area contributed by atoms with Gasteiger partial charge in [-0.25, -0.2) is 0 Å². The number of hydrogen-bond donors (Lipinski definition) is 1. The lowest BCUT2D eigenvalue weighted by molar-refractivity contribution is 0.415. The first-order chi connectivity index (χ1) is 9.65. The minimum Gasteiger partial charge on any atom is -0.497 e. The minimum absolute atomic E-state index is 0.227. The summed E-state index contributed by atoms with van der Waals surface area (Å²) < 4.78 is 6.26. The number of benzene rings is 1. The van der Waals surface area contributed by atoms with Crippen molar-refractivity contribution >= 4 is 27.3 Å². The molecule has 0 amide bonds. The van der Waals surface area contributed by atoms with Crippen molar-refractivity contribution in [3.63, 3.8) is 0 Å². The Kier molecular flexibility index (Phi) is 5.51. The van der Waals surface area contributed by atoms with E-state index in [2.05, 4.69) is 45.3 Å². The minimum atomic E-state index is 0.227. The first-order valence-corrected chi connectivity index (χ1v) is 8.17. The van der Waals surface area contributed by atoms with Crippen LogP contribution in [0.4, 0.5) is 0 Å². The SMILES string of the molecule is CCCNC(C)c1nnc(-c2cc(OC)ccc2Br)s1. The largest absolute Gasteiger partial charge is 0.497 e. The third kappa shape index (κ3) is 3.56. The molecule has 0 saturated heterocycles. The Morgan fingerprint density at radius 2 is 2.20 bits per heavy atom. The van der Waals surface area contributed by atoms with Crippen molar-refractivity contribution in [3.05, 3.63) is 27.7 Å². The van der Waals surface area contributed by atoms with Gasteiger partial charge in [-0.1, -0.05) is 34.2 Å². The van der Waals surface area contributed by atoms with Gasteiger partial charge in [0.05, 0.1) is 13.2 Å². The average molecular weight is 356 g/mol. The number of ether oxygens (including phenoxy) is 1. The number of halogens is 1. The maximum Gasteiger partial charge on any atom is 0.149 e. The Labute approximate surface area is 131 Å². The highest BCUT2D eigenvalue weighted by atomic mass is 79.9. The second kappa shape index (κ2) is 7.15. The van der Waals surface area contributed by atoms with E-state index >= 15 is 0 Å². The summed E-state index contributed by atoms with van der Waals surface area (Å²) in [5, 5.41) is 13.9. The van der Waals surface area contributed by atoms with Gasteiger partial charge in [0.2, 0.25) is 0 Å². The summed E-state index contributed by atoms with van der Waals surface area (Å²) in [6.45, 7) is 5.25. The number of aromatic nitrogens is 2. The Morgan fingerprint density at radius 3 is 2.90 bits per heavy atom. The molecule has 1 atom stereocenters. The van der Waals surface area contributed by atoms with E-state index in [1.54, 1.807) is 18.4 Å². The van der Waals surface area contributed by atoms with Gasteiger partial charge in [-0.05, 0) is 38.1 Å². The van der Waals surface area contributed by atoms with Crippen LogP contribution in [0, 0.1) is 0 Å². The molecule has 0 radical (unpaired) electrons. The van der Waals surface area contributed by atoms with Gasteiger partial charge in [-0.15, -0.1) is 10.2 Å². The summed E-state index contributed by atoms with van der Waals surface area (Å²) in [4.78, 5) is 0. The molecule has 108 valence electrons. The third-order valence-electron chi connectivity index (χ3n) is 2.92. The molecule has 4 nitrogen and oxygen atoms in total. The van der Waals surface area contributed by atoms with E-state index in [0.29, 0.717) is 0 Å². The molecular weight excluding hydrogens is 338 g/mol. The molecular formula is C14H18BrN3OS. The molecule has 0 saturated carbocycles. The van der Waals surface area contributed by atoms with Crippen LogP contribution in [0.2, 0.25) is 0 Å². The lowest BCUT2D eigenvalue weighted by atomic mass is 10.2. The first-order valence-electron chi connectivity index (χ1n) is 6.56. The molecule has 1 unspecified atom stereocenters. The molecule has 20 heavy (non-hydrogen) atoms. The summed E-state index contributed by atoms with van der Waals surface area (Å²) in [6, 6.07) is 6.08. The van der Waals surface area contributed by atoms with Crippen molar-refractivity contribution in [1.82, 2.24) is 15.5 Å². The van der Waals surface area contributed by atoms with Gasteiger partial charge >= 0.3 is 0 Å². The van der Waals surface area contributed by atoms with Gasteiger partial charge in [0.15, 0.2) is 0 Å². The summed E-state index contributed by atoms with van der Waals surface area (Å²) in [7, 11) is 1.66. The fraction of sp³-hybridized carbons (Fsp3) is 0.429. The Morgan fingerprint density at radius 1 is 1.40 bits per heavy atom. The van der Waals surface area contributed by atoms with Crippen LogP contribution in [0.1, 0.15) is 31.3 Å². The maximum absolute atomic E-state index is 5.26. The lowest BCUT2D eigenvalue weighted by Crippen LogP contribution is -2.18. The zero-order valence-corrected chi connectivity index (χ0v) is 14.2.